The van der Waals surface area contributed by atoms with Gasteiger partial charge in [0.25, 0.3) is 5.91 Å². The third-order valence-electron chi connectivity index (χ3n) is 4.81. The van der Waals surface area contributed by atoms with Crippen LogP contribution in [0.4, 0.5) is 5.13 Å². The van der Waals surface area contributed by atoms with E-state index in [0.717, 1.165) is 17.3 Å². The minimum atomic E-state index is -4.43. The number of halogens is 2. The second kappa shape index (κ2) is 11.3. The van der Waals surface area contributed by atoms with Crippen molar-refractivity contribution in [2.75, 3.05) is 5.32 Å². The predicted octanol–water partition coefficient (Wildman–Crippen LogP) is 6.11. The molecule has 0 radical (unpaired) electrons. The van der Waals surface area contributed by atoms with Crippen LogP contribution < -0.4 is 14.8 Å². The van der Waals surface area contributed by atoms with E-state index in [9.17, 15) is 13.2 Å². The number of nitrogens with one attached hydrogen (secondary N) is 1. The van der Waals surface area contributed by atoms with Gasteiger partial charge in [0.2, 0.25) is 0 Å². The monoisotopic (exact) mass is 564 g/mol. The van der Waals surface area contributed by atoms with Crippen LogP contribution >= 0.6 is 34.5 Å². The summed E-state index contributed by atoms with van der Waals surface area (Å²) in [7, 11) is -4.43. The fourth-order valence-corrected chi connectivity index (χ4v) is 4.80. The average molecular weight is 565 g/mol. The van der Waals surface area contributed by atoms with Gasteiger partial charge in [0.15, 0.2) is 9.34 Å². The van der Waals surface area contributed by atoms with Crippen LogP contribution in [0.5, 0.6) is 11.5 Å². The van der Waals surface area contributed by atoms with Crippen LogP contribution in [0.3, 0.4) is 0 Å². The van der Waals surface area contributed by atoms with Crippen LogP contribution in [-0.4, -0.2) is 23.9 Å². The highest BCUT2D eigenvalue weighted by atomic mass is 35.5. The summed E-state index contributed by atoms with van der Waals surface area (Å²) < 4.78 is 43.1. The summed E-state index contributed by atoms with van der Waals surface area (Å²) in [5.74, 6) is 0.0982. The van der Waals surface area contributed by atoms with Crippen LogP contribution in [0.15, 0.2) is 77.1 Å². The molecule has 4 rings (SSSR count). The van der Waals surface area contributed by atoms with Crippen LogP contribution in [-0.2, 0) is 23.3 Å². The molecule has 36 heavy (non-hydrogen) atoms. The highest BCUT2D eigenvalue weighted by Gasteiger charge is 2.17. The molecular formula is C24H18Cl2N2O6S2. The van der Waals surface area contributed by atoms with Crippen LogP contribution in [0.2, 0.25) is 10.0 Å². The second-order valence-corrected chi connectivity index (χ2v) is 10.9. The van der Waals surface area contributed by atoms with E-state index in [1.165, 1.54) is 12.1 Å². The van der Waals surface area contributed by atoms with E-state index in [-0.39, 0.29) is 23.9 Å². The van der Waals surface area contributed by atoms with Gasteiger partial charge in [-0.3, -0.25) is 14.7 Å². The number of amides is 1. The highest BCUT2D eigenvalue weighted by Crippen LogP contribution is 2.28. The van der Waals surface area contributed by atoms with Gasteiger partial charge < -0.3 is 9.47 Å². The number of benzene rings is 3. The first-order valence-corrected chi connectivity index (χ1v) is 13.3. The number of nitrogens with zero attached hydrogens (tertiary/aromatic N) is 1. The van der Waals surface area contributed by atoms with E-state index >= 15 is 0 Å². The molecule has 3 aromatic carbocycles. The predicted molar refractivity (Wildman–Crippen MR) is 138 cm³/mol. The normalized spacial score (nSPS) is 11.2. The summed E-state index contributed by atoms with van der Waals surface area (Å²) in [5, 5.41) is 3.59. The SMILES string of the molecule is O=C(Nc1ncc(S(=O)(=O)O)s1)c1cc(OCc2ccccc2Cl)cc(OCc2ccccc2Cl)c1. The number of carbonyl (C=O) groups excluding carboxylic acids is 1. The van der Waals surface area contributed by atoms with Crippen molar-refractivity contribution in [1.82, 2.24) is 4.98 Å². The van der Waals surface area contributed by atoms with Gasteiger partial charge in [0.1, 0.15) is 24.7 Å². The molecule has 0 fully saturated rings. The van der Waals surface area contributed by atoms with E-state index in [0.29, 0.717) is 32.9 Å². The number of ether oxygens (including phenoxy) is 2. The lowest BCUT2D eigenvalue weighted by Crippen LogP contribution is -2.12. The molecule has 1 heterocycles. The lowest BCUT2D eigenvalue weighted by Gasteiger charge is -2.13. The summed E-state index contributed by atoms with van der Waals surface area (Å²) in [6.07, 6.45) is 0.955. The molecule has 12 heteroatoms. The van der Waals surface area contributed by atoms with Gasteiger partial charge in [-0.1, -0.05) is 70.9 Å². The molecule has 0 aliphatic carbocycles. The standard InChI is InChI=1S/C24H18Cl2N2O6S2/c25-20-7-3-1-5-15(20)13-33-18-9-17(23(29)28-24-27-12-22(35-24)36(30,31)32)10-19(11-18)34-14-16-6-2-4-8-21(16)26/h1-12H,13-14H2,(H,27,28,29)(H,30,31,32). The molecule has 0 atom stereocenters. The Morgan fingerprint density at radius 2 is 1.44 bits per heavy atom. The van der Waals surface area contributed by atoms with Crippen LogP contribution in [0.25, 0.3) is 0 Å². The smallest absolute Gasteiger partial charge is 0.305 e. The summed E-state index contributed by atoms with van der Waals surface area (Å²) in [5.41, 5.74) is 1.69. The number of anilines is 1. The zero-order chi connectivity index (χ0) is 25.7. The topological polar surface area (TPSA) is 115 Å². The van der Waals surface area contributed by atoms with Crippen molar-refractivity contribution in [3.05, 3.63) is 99.7 Å². The molecule has 0 saturated heterocycles. The molecule has 0 unspecified atom stereocenters. The first-order chi connectivity index (χ1) is 17.2. The Bertz CT molecular complexity index is 1440. The third kappa shape index (κ3) is 6.74. The van der Waals surface area contributed by atoms with Gasteiger partial charge in [-0.05, 0) is 24.3 Å². The van der Waals surface area contributed by atoms with E-state index in [4.69, 9.17) is 37.2 Å². The van der Waals surface area contributed by atoms with Gasteiger partial charge in [-0.2, -0.15) is 8.42 Å². The van der Waals surface area contributed by atoms with Crippen molar-refractivity contribution < 1.29 is 27.2 Å². The molecule has 2 N–H and O–H groups in total. The van der Waals surface area contributed by atoms with Crippen molar-refractivity contribution in [2.45, 2.75) is 17.4 Å². The average Bonchev–Trinajstić information content (AvgIpc) is 3.32. The Balaban J connectivity index is 1.57. The minimum Gasteiger partial charge on any atom is -0.489 e. The van der Waals surface area contributed by atoms with Gasteiger partial charge in [-0.15, -0.1) is 0 Å². The summed E-state index contributed by atoms with van der Waals surface area (Å²) in [6.45, 7) is 0.303. The van der Waals surface area contributed by atoms with Crippen molar-refractivity contribution in [3.63, 3.8) is 0 Å². The maximum Gasteiger partial charge on any atom is 0.305 e. The molecule has 1 aromatic heterocycles. The molecule has 0 bridgehead atoms. The Labute approximate surface area is 221 Å². The number of hydrogen-bond acceptors (Lipinski definition) is 7. The van der Waals surface area contributed by atoms with Gasteiger partial charge in [0, 0.05) is 32.8 Å². The first kappa shape index (κ1) is 25.9. The minimum absolute atomic E-state index is 0.00597. The highest BCUT2D eigenvalue weighted by molar-refractivity contribution is 7.88. The second-order valence-electron chi connectivity index (χ2n) is 7.37. The third-order valence-corrected chi connectivity index (χ3v) is 7.75. The van der Waals surface area contributed by atoms with Crippen molar-refractivity contribution in [2.24, 2.45) is 0 Å². The fourth-order valence-electron chi connectivity index (χ4n) is 3.03. The van der Waals surface area contributed by atoms with Crippen molar-refractivity contribution in [1.29, 1.82) is 0 Å². The lowest BCUT2D eigenvalue weighted by atomic mass is 10.2. The first-order valence-electron chi connectivity index (χ1n) is 10.3. The zero-order valence-electron chi connectivity index (χ0n) is 18.4. The Kier molecular flexibility index (Phi) is 8.12. The van der Waals surface area contributed by atoms with Crippen molar-refractivity contribution in [3.8, 4) is 11.5 Å². The van der Waals surface area contributed by atoms with Crippen LogP contribution in [0.1, 0.15) is 21.5 Å². The summed E-state index contributed by atoms with van der Waals surface area (Å²) in [6, 6.07) is 19.1. The molecule has 0 aliphatic heterocycles. The maximum atomic E-state index is 12.9. The van der Waals surface area contributed by atoms with E-state index in [1.54, 1.807) is 18.2 Å². The fraction of sp³-hybridized carbons (Fsp3) is 0.0833. The number of thiazole rings is 1. The number of carbonyl (C=O) groups is 1. The Hall–Kier alpha value is -3.15. The van der Waals surface area contributed by atoms with Gasteiger partial charge >= 0.3 is 10.1 Å². The molecule has 0 spiro atoms. The zero-order valence-corrected chi connectivity index (χ0v) is 21.5. The van der Waals surface area contributed by atoms with E-state index in [1.807, 2.05) is 36.4 Å². The molecule has 0 saturated carbocycles. The molecular weight excluding hydrogens is 547 g/mol. The number of aromatic nitrogens is 1. The van der Waals surface area contributed by atoms with Crippen molar-refractivity contribution >= 4 is 55.7 Å². The molecule has 4 aromatic rings. The van der Waals surface area contributed by atoms with Crippen LogP contribution in [0, 0.1) is 0 Å². The molecule has 186 valence electrons. The summed E-state index contributed by atoms with van der Waals surface area (Å²) >= 11 is 13.0. The summed E-state index contributed by atoms with van der Waals surface area (Å²) in [4.78, 5) is 16.7. The molecule has 0 aliphatic rings. The van der Waals surface area contributed by atoms with Gasteiger partial charge in [0.05, 0.1) is 6.20 Å². The number of rotatable bonds is 9. The largest absolute Gasteiger partial charge is 0.489 e. The van der Waals surface area contributed by atoms with Gasteiger partial charge in [-0.25, -0.2) is 4.98 Å². The molecule has 1 amide bonds. The quantitative estimate of drug-likeness (QED) is 0.236. The number of hydrogen-bond donors (Lipinski definition) is 2. The van der Waals surface area contributed by atoms with E-state index in [2.05, 4.69) is 10.3 Å². The Morgan fingerprint density at radius 3 is 1.92 bits per heavy atom. The maximum absolute atomic E-state index is 12.9. The van der Waals surface area contributed by atoms with E-state index < -0.39 is 20.2 Å². The lowest BCUT2D eigenvalue weighted by molar-refractivity contribution is 0.102. The molecule has 8 nitrogen and oxygen atoms in total. The Morgan fingerprint density at radius 1 is 0.917 bits per heavy atom.